The van der Waals surface area contributed by atoms with Crippen molar-refractivity contribution >= 4 is 23.4 Å². The first kappa shape index (κ1) is 21.6. The molecule has 2 aromatic rings. The molecule has 1 saturated heterocycles. The van der Waals surface area contributed by atoms with Crippen molar-refractivity contribution in [2.24, 2.45) is 5.92 Å². The maximum atomic E-state index is 13.1. The Morgan fingerprint density at radius 1 is 1.07 bits per heavy atom. The quantitative estimate of drug-likeness (QED) is 0.726. The normalized spacial score (nSPS) is 15.9. The predicted octanol–water partition coefficient (Wildman–Crippen LogP) is 2.54. The van der Waals surface area contributed by atoms with E-state index in [2.05, 4.69) is 10.6 Å². The van der Waals surface area contributed by atoms with Gasteiger partial charge in [0.25, 0.3) is 11.8 Å². The van der Waals surface area contributed by atoms with Crippen molar-refractivity contribution in [3.05, 3.63) is 54.0 Å². The third-order valence-electron chi connectivity index (χ3n) is 5.25. The zero-order valence-corrected chi connectivity index (χ0v) is 17.2. The molecule has 0 saturated carbocycles. The highest BCUT2D eigenvalue weighted by molar-refractivity contribution is 6.08. The molecule has 3 amide bonds. The van der Waals surface area contributed by atoms with E-state index in [0.29, 0.717) is 32.0 Å². The molecular weight excluding hydrogens is 386 g/mol. The van der Waals surface area contributed by atoms with Crippen LogP contribution in [-0.4, -0.2) is 55.0 Å². The molecule has 1 aliphatic rings. The van der Waals surface area contributed by atoms with Gasteiger partial charge in [-0.15, -0.1) is 0 Å². The summed E-state index contributed by atoms with van der Waals surface area (Å²) in [5.74, 6) is -0.891. The number of benzene rings is 1. The van der Waals surface area contributed by atoms with Gasteiger partial charge in [0.2, 0.25) is 5.91 Å². The lowest BCUT2D eigenvalue weighted by Gasteiger charge is -2.33. The minimum Gasteiger partial charge on any atom is -0.459 e. The zero-order valence-electron chi connectivity index (χ0n) is 17.2. The summed E-state index contributed by atoms with van der Waals surface area (Å²) in [6.45, 7) is 5.93. The molecule has 0 radical (unpaired) electrons. The van der Waals surface area contributed by atoms with E-state index < -0.39 is 17.9 Å². The van der Waals surface area contributed by atoms with Gasteiger partial charge in [-0.2, -0.15) is 0 Å². The number of anilines is 1. The van der Waals surface area contributed by atoms with Crippen LogP contribution in [0.2, 0.25) is 0 Å². The molecule has 30 heavy (non-hydrogen) atoms. The summed E-state index contributed by atoms with van der Waals surface area (Å²) < 4.78 is 10.4. The number of rotatable bonds is 7. The molecule has 160 valence electrons. The maximum Gasteiger partial charge on any atom is 0.291 e. The number of nitrogens with zero attached hydrogens (tertiary/aromatic N) is 1. The molecule has 0 bridgehead atoms. The van der Waals surface area contributed by atoms with Crippen LogP contribution in [0.4, 0.5) is 5.69 Å². The van der Waals surface area contributed by atoms with Crippen LogP contribution >= 0.6 is 0 Å². The SMILES string of the molecule is CCC(C)C(NC(=O)c1ccccc1NC(=O)c1ccco1)C(=O)N1CCOCC1. The number of morpholine rings is 1. The molecule has 2 atom stereocenters. The summed E-state index contributed by atoms with van der Waals surface area (Å²) >= 11 is 0. The first-order valence-corrected chi connectivity index (χ1v) is 10.1. The summed E-state index contributed by atoms with van der Waals surface area (Å²) in [4.78, 5) is 40.2. The van der Waals surface area contributed by atoms with E-state index in [1.54, 1.807) is 35.2 Å². The van der Waals surface area contributed by atoms with Gasteiger partial charge < -0.3 is 24.7 Å². The molecule has 1 aromatic carbocycles. The summed E-state index contributed by atoms with van der Waals surface area (Å²) in [5, 5.41) is 5.58. The number of carbonyl (C=O) groups is 3. The Morgan fingerprint density at radius 2 is 1.80 bits per heavy atom. The first-order valence-electron chi connectivity index (χ1n) is 10.1. The molecule has 8 nitrogen and oxygen atoms in total. The van der Waals surface area contributed by atoms with E-state index >= 15 is 0 Å². The average molecular weight is 413 g/mol. The van der Waals surface area contributed by atoms with Gasteiger partial charge in [-0.3, -0.25) is 14.4 Å². The fourth-order valence-electron chi connectivity index (χ4n) is 3.26. The van der Waals surface area contributed by atoms with Gasteiger partial charge in [-0.25, -0.2) is 0 Å². The van der Waals surface area contributed by atoms with Crippen molar-refractivity contribution in [1.29, 1.82) is 0 Å². The zero-order chi connectivity index (χ0) is 21.5. The molecule has 1 aromatic heterocycles. The molecule has 8 heteroatoms. The van der Waals surface area contributed by atoms with E-state index in [-0.39, 0.29) is 23.1 Å². The molecule has 2 N–H and O–H groups in total. The van der Waals surface area contributed by atoms with Crippen molar-refractivity contribution in [3.8, 4) is 0 Å². The lowest BCUT2D eigenvalue weighted by molar-refractivity contribution is -0.138. The Morgan fingerprint density at radius 3 is 2.47 bits per heavy atom. The average Bonchev–Trinajstić information content (AvgIpc) is 3.32. The number of hydrogen-bond acceptors (Lipinski definition) is 5. The Hall–Kier alpha value is -3.13. The Bertz CT molecular complexity index is 875. The largest absolute Gasteiger partial charge is 0.459 e. The molecule has 1 fully saturated rings. The molecule has 0 aliphatic carbocycles. The third kappa shape index (κ3) is 5.07. The van der Waals surface area contributed by atoms with Crippen LogP contribution < -0.4 is 10.6 Å². The Balaban J connectivity index is 1.77. The summed E-state index contributed by atoms with van der Waals surface area (Å²) in [5.41, 5.74) is 0.624. The van der Waals surface area contributed by atoms with Crippen LogP contribution in [0.5, 0.6) is 0 Å². The van der Waals surface area contributed by atoms with Gasteiger partial charge in [0.1, 0.15) is 6.04 Å². The van der Waals surface area contributed by atoms with Crippen LogP contribution in [-0.2, 0) is 9.53 Å². The van der Waals surface area contributed by atoms with Crippen LogP contribution in [0.3, 0.4) is 0 Å². The fraction of sp³-hybridized carbons (Fsp3) is 0.409. The first-order chi connectivity index (χ1) is 14.5. The van der Waals surface area contributed by atoms with Gasteiger partial charge in [-0.1, -0.05) is 32.4 Å². The highest BCUT2D eigenvalue weighted by Crippen LogP contribution is 2.19. The maximum absolute atomic E-state index is 13.1. The summed E-state index contributed by atoms with van der Waals surface area (Å²) in [7, 11) is 0. The van der Waals surface area contributed by atoms with Crippen LogP contribution in [0.25, 0.3) is 0 Å². The lowest BCUT2D eigenvalue weighted by Crippen LogP contribution is -2.54. The molecule has 2 unspecified atom stereocenters. The minimum absolute atomic E-state index is 0.0471. The number of nitrogens with one attached hydrogen (secondary N) is 2. The second-order valence-corrected chi connectivity index (χ2v) is 7.25. The predicted molar refractivity (Wildman–Crippen MR) is 111 cm³/mol. The van der Waals surface area contributed by atoms with Gasteiger partial charge in [0.15, 0.2) is 5.76 Å². The fourth-order valence-corrected chi connectivity index (χ4v) is 3.26. The number of ether oxygens (including phenoxy) is 1. The van der Waals surface area contributed by atoms with Gasteiger partial charge >= 0.3 is 0 Å². The number of carbonyl (C=O) groups excluding carboxylic acids is 3. The second kappa shape index (κ2) is 10.1. The van der Waals surface area contributed by atoms with E-state index in [0.717, 1.165) is 6.42 Å². The smallest absolute Gasteiger partial charge is 0.291 e. The van der Waals surface area contributed by atoms with Crippen LogP contribution in [0.1, 0.15) is 41.2 Å². The van der Waals surface area contributed by atoms with E-state index in [1.165, 1.54) is 12.3 Å². The van der Waals surface area contributed by atoms with Gasteiger partial charge in [0, 0.05) is 13.1 Å². The van der Waals surface area contributed by atoms with Crippen molar-refractivity contribution in [2.75, 3.05) is 31.6 Å². The molecular formula is C22H27N3O5. The Kier molecular flexibility index (Phi) is 7.24. The number of para-hydroxylation sites is 1. The van der Waals surface area contributed by atoms with Crippen molar-refractivity contribution in [2.45, 2.75) is 26.3 Å². The number of furan rings is 1. The minimum atomic E-state index is -0.658. The monoisotopic (exact) mass is 413 g/mol. The topological polar surface area (TPSA) is 101 Å². The summed E-state index contributed by atoms with van der Waals surface area (Å²) in [6, 6.07) is 9.17. The van der Waals surface area contributed by atoms with Gasteiger partial charge in [-0.05, 0) is 30.2 Å². The van der Waals surface area contributed by atoms with Crippen LogP contribution in [0.15, 0.2) is 47.1 Å². The molecule has 3 rings (SSSR count). The van der Waals surface area contributed by atoms with E-state index in [4.69, 9.17) is 9.15 Å². The highest BCUT2D eigenvalue weighted by atomic mass is 16.5. The van der Waals surface area contributed by atoms with Crippen molar-refractivity contribution < 1.29 is 23.5 Å². The number of amides is 3. The molecule has 1 aliphatic heterocycles. The second-order valence-electron chi connectivity index (χ2n) is 7.25. The molecule has 2 heterocycles. The van der Waals surface area contributed by atoms with Crippen LogP contribution in [0, 0.1) is 5.92 Å². The van der Waals surface area contributed by atoms with Crippen molar-refractivity contribution in [3.63, 3.8) is 0 Å². The highest BCUT2D eigenvalue weighted by Gasteiger charge is 2.31. The molecule has 0 spiro atoms. The number of hydrogen-bond donors (Lipinski definition) is 2. The standard InChI is InChI=1S/C22H27N3O5/c1-3-15(2)19(22(28)25-10-13-29-14-11-25)24-20(26)16-7-4-5-8-17(16)23-21(27)18-9-6-12-30-18/h4-9,12,15,19H,3,10-11,13-14H2,1-2H3,(H,23,27)(H,24,26). The summed E-state index contributed by atoms with van der Waals surface area (Å²) in [6.07, 6.45) is 2.14. The van der Waals surface area contributed by atoms with E-state index in [9.17, 15) is 14.4 Å². The third-order valence-corrected chi connectivity index (χ3v) is 5.25. The van der Waals surface area contributed by atoms with Gasteiger partial charge in [0.05, 0.1) is 30.7 Å². The van der Waals surface area contributed by atoms with Crippen molar-refractivity contribution in [1.82, 2.24) is 10.2 Å². The Labute approximate surface area is 175 Å². The lowest BCUT2D eigenvalue weighted by atomic mass is 9.97. The van der Waals surface area contributed by atoms with E-state index in [1.807, 2.05) is 13.8 Å².